The van der Waals surface area contributed by atoms with E-state index in [9.17, 15) is 0 Å². The summed E-state index contributed by atoms with van der Waals surface area (Å²) in [5, 5.41) is 1.03. The minimum atomic E-state index is 0.768. The number of hydrogen-bond donors (Lipinski definition) is 0. The van der Waals surface area contributed by atoms with E-state index in [0.717, 1.165) is 17.8 Å². The van der Waals surface area contributed by atoms with Gasteiger partial charge in [-0.15, -0.1) is 0 Å². The van der Waals surface area contributed by atoms with Crippen molar-refractivity contribution in [1.82, 2.24) is 4.90 Å². The lowest BCUT2D eigenvalue weighted by molar-refractivity contribution is 0.383. The highest BCUT2D eigenvalue weighted by molar-refractivity contribution is 9.09. The Morgan fingerprint density at radius 2 is 1.82 bits per heavy atom. The Kier molecular flexibility index (Phi) is 5.37. The van der Waals surface area contributed by atoms with Crippen LogP contribution >= 0.6 is 15.9 Å². The Labute approximate surface area is 113 Å². The normalized spacial score (nSPS) is 22.2. The molecule has 1 saturated carbocycles. The summed E-state index contributed by atoms with van der Waals surface area (Å²) in [5.74, 6) is 0.768. The Balaban J connectivity index is 2.10. The molecule has 1 aliphatic heterocycles. The van der Waals surface area contributed by atoms with E-state index in [1.165, 1.54) is 44.2 Å². The van der Waals surface area contributed by atoms with Gasteiger partial charge in [-0.2, -0.15) is 0 Å². The molecule has 1 heterocycles. The Morgan fingerprint density at radius 3 is 2.53 bits per heavy atom. The van der Waals surface area contributed by atoms with Crippen LogP contribution in [-0.2, 0) is 0 Å². The highest BCUT2D eigenvalue weighted by Crippen LogP contribution is 2.31. The summed E-state index contributed by atoms with van der Waals surface area (Å²) in [4.78, 5) is 2.42. The third-order valence-electron chi connectivity index (χ3n) is 3.69. The van der Waals surface area contributed by atoms with Crippen molar-refractivity contribution >= 4 is 15.9 Å². The van der Waals surface area contributed by atoms with Gasteiger partial charge in [0.05, 0.1) is 0 Å². The Bertz CT molecular complexity index is 309. The fourth-order valence-electron chi connectivity index (χ4n) is 2.79. The van der Waals surface area contributed by atoms with Crippen LogP contribution in [0.4, 0.5) is 0 Å². The van der Waals surface area contributed by atoms with Gasteiger partial charge in [0, 0.05) is 23.8 Å². The van der Waals surface area contributed by atoms with E-state index in [-0.39, 0.29) is 0 Å². The molecule has 0 bridgehead atoms. The largest absolute Gasteiger partial charge is 0.350 e. The summed E-state index contributed by atoms with van der Waals surface area (Å²) >= 11 is 3.55. The van der Waals surface area contributed by atoms with Crippen LogP contribution in [0, 0.1) is 5.92 Å². The quantitative estimate of drug-likeness (QED) is 0.542. The number of rotatable bonds is 3. The minimum absolute atomic E-state index is 0.768. The maximum absolute atomic E-state index is 3.55. The van der Waals surface area contributed by atoms with E-state index in [1.54, 1.807) is 0 Å². The smallest absolute Gasteiger partial charge is 0.0319 e. The predicted molar refractivity (Wildman–Crippen MR) is 78.1 cm³/mol. The van der Waals surface area contributed by atoms with Crippen LogP contribution in [0.1, 0.15) is 38.5 Å². The molecular weight excluding hydrogens is 274 g/mol. The van der Waals surface area contributed by atoms with Gasteiger partial charge in [-0.25, -0.2) is 0 Å². The minimum Gasteiger partial charge on any atom is -0.350 e. The van der Waals surface area contributed by atoms with E-state index in [4.69, 9.17) is 0 Å². The number of hydrogen-bond acceptors (Lipinski definition) is 1. The van der Waals surface area contributed by atoms with Crippen molar-refractivity contribution in [2.45, 2.75) is 38.5 Å². The molecule has 1 nitrogen and oxygen atoms in total. The molecule has 0 amide bonds. The standard InChI is InChI=1S/C15H22BrN/c16-11-13-17-12-7-3-6-10-15(17)14-8-4-1-2-5-9-14/h3,6-7,10,12,14H,1-2,4-5,8-9,11,13H2. The lowest BCUT2D eigenvalue weighted by Crippen LogP contribution is -2.24. The van der Waals surface area contributed by atoms with Crippen molar-refractivity contribution in [2.75, 3.05) is 11.9 Å². The van der Waals surface area contributed by atoms with Crippen molar-refractivity contribution in [3.05, 3.63) is 36.2 Å². The average Bonchev–Trinajstić information content (AvgIpc) is 2.71. The third kappa shape index (κ3) is 3.74. The second kappa shape index (κ2) is 7.05. The SMILES string of the molecule is BrCCN1C=CC=CC=C1C1CCCCCC1. The van der Waals surface area contributed by atoms with E-state index >= 15 is 0 Å². The highest BCUT2D eigenvalue weighted by Gasteiger charge is 2.20. The molecule has 1 aliphatic carbocycles. The fraction of sp³-hybridized carbons (Fsp3) is 0.600. The lowest BCUT2D eigenvalue weighted by Gasteiger charge is -2.28. The molecule has 1 fully saturated rings. The molecule has 17 heavy (non-hydrogen) atoms. The van der Waals surface area contributed by atoms with Crippen LogP contribution in [0.3, 0.4) is 0 Å². The van der Waals surface area contributed by atoms with Crippen molar-refractivity contribution in [1.29, 1.82) is 0 Å². The summed E-state index contributed by atoms with van der Waals surface area (Å²) in [6, 6.07) is 0. The molecule has 0 saturated heterocycles. The van der Waals surface area contributed by atoms with Crippen molar-refractivity contribution < 1.29 is 0 Å². The predicted octanol–water partition coefficient (Wildman–Crippen LogP) is 4.62. The van der Waals surface area contributed by atoms with Crippen LogP contribution in [0.2, 0.25) is 0 Å². The van der Waals surface area contributed by atoms with Crippen LogP contribution in [-0.4, -0.2) is 16.8 Å². The van der Waals surface area contributed by atoms with Gasteiger partial charge in [0.2, 0.25) is 0 Å². The van der Waals surface area contributed by atoms with E-state index < -0.39 is 0 Å². The molecular formula is C15H22BrN. The van der Waals surface area contributed by atoms with Gasteiger partial charge in [-0.1, -0.05) is 53.8 Å². The first-order chi connectivity index (χ1) is 8.42. The molecule has 2 aliphatic rings. The van der Waals surface area contributed by atoms with Gasteiger partial charge in [0.25, 0.3) is 0 Å². The van der Waals surface area contributed by atoms with Gasteiger partial charge in [-0.3, -0.25) is 0 Å². The molecule has 0 spiro atoms. The first-order valence-electron chi connectivity index (χ1n) is 6.79. The monoisotopic (exact) mass is 295 g/mol. The molecule has 0 N–H and O–H groups in total. The van der Waals surface area contributed by atoms with Crippen molar-refractivity contribution in [3.63, 3.8) is 0 Å². The molecule has 0 aromatic rings. The van der Waals surface area contributed by atoms with Crippen molar-refractivity contribution in [2.24, 2.45) is 5.92 Å². The van der Waals surface area contributed by atoms with Gasteiger partial charge >= 0.3 is 0 Å². The van der Waals surface area contributed by atoms with Gasteiger partial charge in [0.1, 0.15) is 0 Å². The highest BCUT2D eigenvalue weighted by atomic mass is 79.9. The number of allylic oxidation sites excluding steroid dienone is 5. The lowest BCUT2D eigenvalue weighted by atomic mass is 9.95. The summed E-state index contributed by atoms with van der Waals surface area (Å²) in [5.41, 5.74) is 1.52. The molecule has 0 aromatic heterocycles. The maximum Gasteiger partial charge on any atom is 0.0319 e. The van der Waals surface area contributed by atoms with Gasteiger partial charge in [-0.05, 0) is 30.9 Å². The van der Waals surface area contributed by atoms with Crippen LogP contribution < -0.4 is 0 Å². The fourth-order valence-corrected chi connectivity index (χ4v) is 3.18. The topological polar surface area (TPSA) is 3.24 Å². The zero-order valence-electron chi connectivity index (χ0n) is 10.4. The van der Waals surface area contributed by atoms with E-state index in [2.05, 4.69) is 51.3 Å². The molecule has 2 rings (SSSR count). The zero-order valence-corrected chi connectivity index (χ0v) is 12.0. The Morgan fingerprint density at radius 1 is 1.06 bits per heavy atom. The van der Waals surface area contributed by atoms with Crippen molar-refractivity contribution in [3.8, 4) is 0 Å². The van der Waals surface area contributed by atoms with Crippen LogP contribution in [0.5, 0.6) is 0 Å². The van der Waals surface area contributed by atoms with E-state index in [0.29, 0.717) is 0 Å². The summed E-state index contributed by atoms with van der Waals surface area (Å²) < 4.78 is 0. The number of halogens is 1. The van der Waals surface area contributed by atoms with Gasteiger partial charge in [0.15, 0.2) is 0 Å². The molecule has 0 aromatic carbocycles. The number of nitrogens with zero attached hydrogens (tertiary/aromatic N) is 1. The summed E-state index contributed by atoms with van der Waals surface area (Å²) in [7, 11) is 0. The second-order valence-electron chi connectivity index (χ2n) is 4.89. The van der Waals surface area contributed by atoms with Gasteiger partial charge < -0.3 is 4.90 Å². The van der Waals surface area contributed by atoms with Crippen LogP contribution in [0.15, 0.2) is 36.2 Å². The third-order valence-corrected chi connectivity index (χ3v) is 4.04. The molecule has 0 radical (unpaired) electrons. The Hall–Kier alpha value is -0.500. The molecule has 2 heteroatoms. The summed E-state index contributed by atoms with van der Waals surface area (Å²) in [6.45, 7) is 1.07. The first-order valence-corrected chi connectivity index (χ1v) is 7.91. The molecule has 0 unspecified atom stereocenters. The first kappa shape index (κ1) is 12.9. The molecule has 0 atom stereocenters. The molecule has 94 valence electrons. The van der Waals surface area contributed by atoms with E-state index in [1.807, 2.05) is 0 Å². The number of alkyl halides is 1. The summed E-state index contributed by atoms with van der Waals surface area (Å²) in [6.07, 6.45) is 19.4. The maximum atomic E-state index is 3.55. The van der Waals surface area contributed by atoms with Crippen LogP contribution in [0.25, 0.3) is 0 Å². The average molecular weight is 296 g/mol. The second-order valence-corrected chi connectivity index (χ2v) is 5.68. The zero-order chi connectivity index (χ0) is 11.9.